The van der Waals surface area contributed by atoms with Gasteiger partial charge in [-0.2, -0.15) is 0 Å². The molecule has 1 fully saturated rings. The number of oxazole rings is 1. The fraction of sp³-hybridized carbons (Fsp3) is 0.357. The van der Waals surface area contributed by atoms with E-state index in [9.17, 15) is 9.59 Å². The van der Waals surface area contributed by atoms with Crippen molar-refractivity contribution in [2.24, 2.45) is 5.92 Å². The minimum Gasteiger partial charge on any atom is -0.439 e. The van der Waals surface area contributed by atoms with Crippen molar-refractivity contribution < 1.29 is 14.0 Å². The maximum absolute atomic E-state index is 11.9. The number of fused-ring (bicyclic) bond motifs is 1. The van der Waals surface area contributed by atoms with Crippen LogP contribution >= 0.6 is 0 Å². The van der Waals surface area contributed by atoms with E-state index >= 15 is 0 Å². The first-order valence-electron chi connectivity index (χ1n) is 6.51. The van der Waals surface area contributed by atoms with Gasteiger partial charge < -0.3 is 10.2 Å². The van der Waals surface area contributed by atoms with Crippen LogP contribution in [-0.2, 0) is 16.1 Å². The number of nitrogens with two attached hydrogens (primary N) is 1. The Morgan fingerprint density at radius 2 is 2.05 bits per heavy atom. The van der Waals surface area contributed by atoms with E-state index in [1.807, 2.05) is 6.92 Å². The molecule has 0 spiro atoms. The summed E-state index contributed by atoms with van der Waals surface area (Å²) in [6.07, 6.45) is 0.766. The standard InChI is InChI=1S/C14H15N3O3/c1-8-5-12(18)17(13(19)6-8)7-11-16-14-9(15)3-2-4-10(14)20-11/h2-4,8H,5-7,15H2,1H3. The third-order valence-electron chi connectivity index (χ3n) is 3.44. The van der Waals surface area contributed by atoms with E-state index in [4.69, 9.17) is 10.2 Å². The van der Waals surface area contributed by atoms with Gasteiger partial charge in [0, 0.05) is 12.8 Å². The van der Waals surface area contributed by atoms with Gasteiger partial charge in [-0.3, -0.25) is 14.5 Å². The lowest BCUT2D eigenvalue weighted by molar-refractivity contribution is -0.150. The molecule has 0 radical (unpaired) electrons. The number of anilines is 1. The van der Waals surface area contributed by atoms with Crippen molar-refractivity contribution in [3.63, 3.8) is 0 Å². The number of likely N-dealkylation sites (tertiary alicyclic amines) is 1. The summed E-state index contributed by atoms with van der Waals surface area (Å²) in [5, 5.41) is 0. The van der Waals surface area contributed by atoms with Crippen molar-refractivity contribution >= 4 is 28.6 Å². The minimum absolute atomic E-state index is 0.0680. The van der Waals surface area contributed by atoms with Crippen molar-refractivity contribution in [1.82, 2.24) is 9.88 Å². The van der Waals surface area contributed by atoms with Crippen LogP contribution in [0.5, 0.6) is 0 Å². The first-order chi connectivity index (χ1) is 9.54. The van der Waals surface area contributed by atoms with E-state index < -0.39 is 0 Å². The lowest BCUT2D eigenvalue weighted by Crippen LogP contribution is -2.42. The number of benzene rings is 1. The average molecular weight is 273 g/mol. The molecule has 3 rings (SSSR count). The van der Waals surface area contributed by atoms with Gasteiger partial charge in [-0.1, -0.05) is 13.0 Å². The zero-order valence-corrected chi connectivity index (χ0v) is 11.1. The molecule has 104 valence electrons. The number of nitrogens with zero attached hydrogens (tertiary/aromatic N) is 2. The highest BCUT2D eigenvalue weighted by Crippen LogP contribution is 2.24. The third kappa shape index (κ3) is 2.13. The van der Waals surface area contributed by atoms with Crippen LogP contribution in [0.15, 0.2) is 22.6 Å². The SMILES string of the molecule is CC1CC(=O)N(Cc2nc3c(N)cccc3o2)C(=O)C1. The maximum Gasteiger partial charge on any atom is 0.229 e. The van der Waals surface area contributed by atoms with E-state index in [0.29, 0.717) is 35.5 Å². The fourth-order valence-electron chi connectivity index (χ4n) is 2.42. The van der Waals surface area contributed by atoms with E-state index in [-0.39, 0.29) is 24.3 Å². The normalized spacial score (nSPS) is 17.1. The number of aromatic nitrogens is 1. The second-order valence-corrected chi connectivity index (χ2v) is 5.19. The fourth-order valence-corrected chi connectivity index (χ4v) is 2.42. The first-order valence-corrected chi connectivity index (χ1v) is 6.51. The Morgan fingerprint density at radius 1 is 1.35 bits per heavy atom. The Labute approximate surface area is 115 Å². The van der Waals surface area contributed by atoms with Gasteiger partial charge >= 0.3 is 0 Å². The lowest BCUT2D eigenvalue weighted by Gasteiger charge is -2.27. The summed E-state index contributed by atoms with van der Waals surface area (Å²) in [6, 6.07) is 5.25. The van der Waals surface area contributed by atoms with Crippen LogP contribution in [0.2, 0.25) is 0 Å². The molecule has 0 aliphatic carbocycles. The smallest absolute Gasteiger partial charge is 0.229 e. The van der Waals surface area contributed by atoms with Crippen LogP contribution in [-0.4, -0.2) is 21.7 Å². The van der Waals surface area contributed by atoms with Gasteiger partial charge in [0.05, 0.1) is 5.69 Å². The summed E-state index contributed by atoms with van der Waals surface area (Å²) >= 11 is 0. The van der Waals surface area contributed by atoms with Crippen LogP contribution in [0.1, 0.15) is 25.7 Å². The van der Waals surface area contributed by atoms with Gasteiger partial charge in [0.25, 0.3) is 0 Å². The van der Waals surface area contributed by atoms with E-state index in [2.05, 4.69) is 4.98 Å². The largest absolute Gasteiger partial charge is 0.439 e. The maximum atomic E-state index is 11.9. The number of rotatable bonds is 2. The number of para-hydroxylation sites is 1. The Kier molecular flexibility index (Phi) is 2.93. The van der Waals surface area contributed by atoms with Crippen molar-refractivity contribution in [2.75, 3.05) is 5.73 Å². The Morgan fingerprint density at radius 3 is 2.70 bits per heavy atom. The number of imide groups is 1. The number of carbonyl (C=O) groups is 2. The molecule has 1 aromatic carbocycles. The molecule has 0 saturated carbocycles. The Bertz CT molecular complexity index is 674. The Balaban J connectivity index is 1.87. The minimum atomic E-state index is -0.177. The second kappa shape index (κ2) is 4.63. The number of amides is 2. The van der Waals surface area contributed by atoms with Crippen molar-refractivity contribution in [3.05, 3.63) is 24.1 Å². The highest BCUT2D eigenvalue weighted by atomic mass is 16.3. The molecule has 1 aliphatic rings. The van der Waals surface area contributed by atoms with Gasteiger partial charge in [0.15, 0.2) is 5.58 Å². The molecule has 1 aliphatic heterocycles. The van der Waals surface area contributed by atoms with Gasteiger partial charge in [-0.15, -0.1) is 0 Å². The highest BCUT2D eigenvalue weighted by Gasteiger charge is 2.31. The van der Waals surface area contributed by atoms with Crippen LogP contribution in [0, 0.1) is 5.92 Å². The van der Waals surface area contributed by atoms with Gasteiger partial charge in [0.1, 0.15) is 12.1 Å². The van der Waals surface area contributed by atoms with Gasteiger partial charge in [-0.25, -0.2) is 4.98 Å². The van der Waals surface area contributed by atoms with Gasteiger partial charge in [0.2, 0.25) is 17.7 Å². The lowest BCUT2D eigenvalue weighted by atomic mass is 9.98. The molecule has 1 saturated heterocycles. The van der Waals surface area contributed by atoms with Crippen LogP contribution < -0.4 is 5.73 Å². The molecule has 0 atom stereocenters. The zero-order chi connectivity index (χ0) is 14.3. The van der Waals surface area contributed by atoms with E-state index in [0.717, 1.165) is 0 Å². The molecule has 2 amide bonds. The second-order valence-electron chi connectivity index (χ2n) is 5.19. The topological polar surface area (TPSA) is 89.4 Å². The highest BCUT2D eigenvalue weighted by molar-refractivity contribution is 5.97. The molecule has 2 heterocycles. The zero-order valence-electron chi connectivity index (χ0n) is 11.1. The molecule has 2 N–H and O–H groups in total. The summed E-state index contributed by atoms with van der Waals surface area (Å²) in [5.74, 6) is 0.0765. The summed E-state index contributed by atoms with van der Waals surface area (Å²) in [7, 11) is 0. The van der Waals surface area contributed by atoms with E-state index in [1.165, 1.54) is 4.90 Å². The number of hydrogen-bond acceptors (Lipinski definition) is 5. The molecule has 1 aromatic heterocycles. The molecule has 6 nitrogen and oxygen atoms in total. The molecular weight excluding hydrogens is 258 g/mol. The molecular formula is C14H15N3O3. The van der Waals surface area contributed by atoms with Crippen LogP contribution in [0.3, 0.4) is 0 Å². The summed E-state index contributed by atoms with van der Waals surface area (Å²) < 4.78 is 5.54. The number of hydrogen-bond donors (Lipinski definition) is 1. The molecule has 2 aromatic rings. The molecule has 0 bridgehead atoms. The van der Waals surface area contributed by atoms with Crippen molar-refractivity contribution in [1.29, 1.82) is 0 Å². The summed E-state index contributed by atoms with van der Waals surface area (Å²) in [4.78, 5) is 29.3. The van der Waals surface area contributed by atoms with E-state index in [1.54, 1.807) is 18.2 Å². The van der Waals surface area contributed by atoms with Gasteiger partial charge in [-0.05, 0) is 18.1 Å². The molecule has 0 unspecified atom stereocenters. The quantitative estimate of drug-likeness (QED) is 0.664. The summed E-state index contributed by atoms with van der Waals surface area (Å²) in [6.45, 7) is 1.96. The first kappa shape index (κ1) is 12.7. The average Bonchev–Trinajstić information content (AvgIpc) is 2.78. The van der Waals surface area contributed by atoms with Crippen molar-refractivity contribution in [3.8, 4) is 0 Å². The third-order valence-corrected chi connectivity index (χ3v) is 3.44. The number of nitrogen functional groups attached to an aromatic ring is 1. The van der Waals surface area contributed by atoms with Crippen LogP contribution in [0.4, 0.5) is 5.69 Å². The molecule has 20 heavy (non-hydrogen) atoms. The molecule has 6 heteroatoms. The Hall–Kier alpha value is -2.37. The number of piperidine rings is 1. The summed E-state index contributed by atoms with van der Waals surface area (Å²) in [5.41, 5.74) is 7.44. The monoisotopic (exact) mass is 273 g/mol. The predicted molar refractivity (Wildman–Crippen MR) is 72.4 cm³/mol. The van der Waals surface area contributed by atoms with Crippen molar-refractivity contribution in [2.45, 2.75) is 26.3 Å². The number of carbonyl (C=O) groups excluding carboxylic acids is 2. The predicted octanol–water partition coefficient (Wildman–Crippen LogP) is 1.70. The van der Waals surface area contributed by atoms with Crippen LogP contribution in [0.25, 0.3) is 11.1 Å².